The molecule has 0 unspecified atom stereocenters. The van der Waals surface area contributed by atoms with Crippen molar-refractivity contribution in [3.63, 3.8) is 0 Å². The lowest BCUT2D eigenvalue weighted by molar-refractivity contribution is -0.122. The predicted molar refractivity (Wildman–Crippen MR) is 131 cm³/mol. The molecule has 0 spiro atoms. The lowest BCUT2D eigenvalue weighted by Gasteiger charge is -2.25. The number of nitrogens with zero attached hydrogens (tertiary/aromatic N) is 1. The lowest BCUT2D eigenvalue weighted by atomic mass is 9.76. The van der Waals surface area contributed by atoms with E-state index in [1.807, 2.05) is 54.6 Å². The third-order valence-electron chi connectivity index (χ3n) is 6.97. The summed E-state index contributed by atoms with van der Waals surface area (Å²) in [5.74, 6) is 0.299. The Morgan fingerprint density at radius 1 is 0.824 bits per heavy atom. The fraction of sp³-hybridized carbons (Fsp3) is 0.276. The van der Waals surface area contributed by atoms with Crippen LogP contribution in [-0.4, -0.2) is 24.2 Å². The van der Waals surface area contributed by atoms with Gasteiger partial charge in [0.05, 0.1) is 17.5 Å². The first-order valence-electron chi connectivity index (χ1n) is 11.8. The van der Waals surface area contributed by atoms with E-state index < -0.39 is 0 Å². The highest BCUT2D eigenvalue weighted by molar-refractivity contribution is 6.22. The topological polar surface area (TPSA) is 63.7 Å². The van der Waals surface area contributed by atoms with Crippen LogP contribution in [0.3, 0.4) is 0 Å². The standard InChI is InChI=1S/C29H27NO4/c1-19-7-16-25-26(17-19)29(33)30(28(25)32)23-12-14-24(15-13-23)34-18-27(31)22-10-8-21(9-11-22)20-5-3-2-4-6-20/h2-6,8-15,19,25-26H,7,16-18H2,1H3/t19-,25+,26+/m1/s1. The van der Waals surface area contributed by atoms with Crippen LogP contribution in [0.25, 0.3) is 11.1 Å². The molecule has 34 heavy (non-hydrogen) atoms. The highest BCUT2D eigenvalue weighted by Gasteiger charge is 2.49. The van der Waals surface area contributed by atoms with Crippen molar-refractivity contribution in [2.75, 3.05) is 11.5 Å². The van der Waals surface area contributed by atoms with Crippen LogP contribution in [0.4, 0.5) is 5.69 Å². The summed E-state index contributed by atoms with van der Waals surface area (Å²) in [6, 6.07) is 24.3. The van der Waals surface area contributed by atoms with E-state index in [1.54, 1.807) is 24.3 Å². The van der Waals surface area contributed by atoms with Crippen molar-refractivity contribution in [1.29, 1.82) is 0 Å². The fourth-order valence-corrected chi connectivity index (χ4v) is 5.05. The predicted octanol–water partition coefficient (Wildman–Crippen LogP) is 5.54. The van der Waals surface area contributed by atoms with Gasteiger partial charge in [0, 0.05) is 5.56 Å². The summed E-state index contributed by atoms with van der Waals surface area (Å²) in [5.41, 5.74) is 3.30. The minimum atomic E-state index is -0.196. The van der Waals surface area contributed by atoms with Crippen molar-refractivity contribution in [3.05, 3.63) is 84.4 Å². The minimum Gasteiger partial charge on any atom is -0.485 e. The SMILES string of the molecule is C[C@@H]1CC[C@@H]2C(=O)N(c3ccc(OCC(=O)c4ccc(-c5ccccc5)cc4)cc3)C(=O)[C@H]2C1. The Labute approximate surface area is 199 Å². The van der Waals surface area contributed by atoms with Gasteiger partial charge >= 0.3 is 0 Å². The van der Waals surface area contributed by atoms with Gasteiger partial charge in [-0.1, -0.05) is 61.5 Å². The van der Waals surface area contributed by atoms with Gasteiger partial charge in [-0.2, -0.15) is 0 Å². The summed E-state index contributed by atoms with van der Waals surface area (Å²) in [6.07, 6.45) is 2.55. The Hall–Kier alpha value is -3.73. The highest BCUT2D eigenvalue weighted by Crippen LogP contribution is 2.42. The van der Waals surface area contributed by atoms with Crippen LogP contribution < -0.4 is 9.64 Å². The monoisotopic (exact) mass is 453 g/mol. The molecule has 1 saturated carbocycles. The van der Waals surface area contributed by atoms with E-state index >= 15 is 0 Å². The number of benzene rings is 3. The number of rotatable bonds is 6. The van der Waals surface area contributed by atoms with Crippen LogP contribution in [0.2, 0.25) is 0 Å². The molecule has 3 aromatic rings. The molecular weight excluding hydrogens is 426 g/mol. The number of imide groups is 1. The second kappa shape index (κ2) is 9.26. The molecular formula is C29H27NO4. The molecule has 2 aliphatic rings. The Bertz CT molecular complexity index is 1200. The quantitative estimate of drug-likeness (QED) is 0.363. The van der Waals surface area contributed by atoms with Gasteiger partial charge in [-0.3, -0.25) is 19.3 Å². The summed E-state index contributed by atoms with van der Waals surface area (Å²) in [4.78, 5) is 39.7. The molecule has 2 fully saturated rings. The fourth-order valence-electron chi connectivity index (χ4n) is 5.05. The Morgan fingerprint density at radius 3 is 2.18 bits per heavy atom. The van der Waals surface area contributed by atoms with E-state index in [0.717, 1.165) is 30.4 Å². The number of Topliss-reactive ketones (excluding diaryl/α,β-unsaturated/α-hetero) is 1. The van der Waals surface area contributed by atoms with Crippen molar-refractivity contribution in [3.8, 4) is 16.9 Å². The van der Waals surface area contributed by atoms with Crippen molar-refractivity contribution in [2.45, 2.75) is 26.2 Å². The molecule has 0 aromatic heterocycles. The number of anilines is 1. The number of ketones is 1. The summed E-state index contributed by atoms with van der Waals surface area (Å²) in [6.45, 7) is 2.05. The summed E-state index contributed by atoms with van der Waals surface area (Å²) in [5, 5.41) is 0. The lowest BCUT2D eigenvalue weighted by Crippen LogP contribution is -2.30. The van der Waals surface area contributed by atoms with Crippen LogP contribution in [0.1, 0.15) is 36.5 Å². The number of hydrogen-bond donors (Lipinski definition) is 0. The largest absolute Gasteiger partial charge is 0.485 e. The second-order valence-corrected chi connectivity index (χ2v) is 9.29. The van der Waals surface area contributed by atoms with Gasteiger partial charge in [-0.25, -0.2) is 0 Å². The number of carbonyl (C=O) groups excluding carboxylic acids is 3. The zero-order valence-electron chi connectivity index (χ0n) is 19.1. The van der Waals surface area contributed by atoms with Crippen molar-refractivity contribution in [1.82, 2.24) is 0 Å². The minimum absolute atomic E-state index is 0.0896. The van der Waals surface area contributed by atoms with Crippen LogP contribution in [0.5, 0.6) is 5.75 Å². The average Bonchev–Trinajstić information content (AvgIpc) is 3.12. The molecule has 1 saturated heterocycles. The highest BCUT2D eigenvalue weighted by atomic mass is 16.5. The molecule has 1 aliphatic carbocycles. The number of hydrogen-bond acceptors (Lipinski definition) is 4. The normalized spacial score (nSPS) is 21.9. The first-order valence-corrected chi connectivity index (χ1v) is 11.8. The molecule has 2 amide bonds. The van der Waals surface area contributed by atoms with Gasteiger partial charge in [0.1, 0.15) is 5.75 Å². The molecule has 5 nitrogen and oxygen atoms in total. The van der Waals surface area contributed by atoms with E-state index in [1.165, 1.54) is 4.90 Å². The Kier molecular flexibility index (Phi) is 6.01. The molecule has 0 radical (unpaired) electrons. The Balaban J connectivity index is 1.21. The molecule has 3 atom stereocenters. The maximum Gasteiger partial charge on any atom is 0.237 e. The molecule has 1 heterocycles. The zero-order valence-corrected chi connectivity index (χ0v) is 19.1. The molecule has 5 heteroatoms. The smallest absolute Gasteiger partial charge is 0.237 e. The van der Waals surface area contributed by atoms with E-state index in [0.29, 0.717) is 22.9 Å². The summed E-state index contributed by atoms with van der Waals surface area (Å²) >= 11 is 0. The van der Waals surface area contributed by atoms with Gasteiger partial charge in [0.2, 0.25) is 11.8 Å². The van der Waals surface area contributed by atoms with Crippen LogP contribution in [0.15, 0.2) is 78.9 Å². The number of fused-ring (bicyclic) bond motifs is 1. The van der Waals surface area contributed by atoms with Gasteiger partial charge < -0.3 is 4.74 Å². The van der Waals surface area contributed by atoms with Gasteiger partial charge in [0.25, 0.3) is 0 Å². The number of carbonyl (C=O) groups is 3. The molecule has 5 rings (SSSR count). The summed E-state index contributed by atoms with van der Waals surface area (Å²) < 4.78 is 5.68. The van der Waals surface area contributed by atoms with Gasteiger partial charge in [0.15, 0.2) is 12.4 Å². The maximum absolute atomic E-state index is 12.9. The molecule has 172 valence electrons. The second-order valence-electron chi connectivity index (χ2n) is 9.29. The van der Waals surface area contributed by atoms with Gasteiger partial charge in [-0.15, -0.1) is 0 Å². The zero-order chi connectivity index (χ0) is 23.7. The van der Waals surface area contributed by atoms with Crippen molar-refractivity contribution < 1.29 is 19.1 Å². The molecule has 3 aromatic carbocycles. The third-order valence-corrected chi connectivity index (χ3v) is 6.97. The van der Waals surface area contributed by atoms with E-state index in [4.69, 9.17) is 4.74 Å². The third kappa shape index (κ3) is 4.26. The Morgan fingerprint density at radius 2 is 1.47 bits per heavy atom. The average molecular weight is 454 g/mol. The van der Waals surface area contributed by atoms with Crippen LogP contribution in [-0.2, 0) is 9.59 Å². The first kappa shape index (κ1) is 22.1. The van der Waals surface area contributed by atoms with Gasteiger partial charge in [-0.05, 0) is 60.6 Å². The van der Waals surface area contributed by atoms with Crippen LogP contribution >= 0.6 is 0 Å². The maximum atomic E-state index is 12.9. The van der Waals surface area contributed by atoms with Crippen LogP contribution in [0, 0.1) is 17.8 Å². The number of ether oxygens (including phenoxy) is 1. The molecule has 0 N–H and O–H groups in total. The molecule has 0 bridgehead atoms. The molecule has 1 aliphatic heterocycles. The number of amides is 2. The summed E-state index contributed by atoms with van der Waals surface area (Å²) in [7, 11) is 0. The van der Waals surface area contributed by atoms with Crippen molar-refractivity contribution in [2.24, 2.45) is 17.8 Å². The van der Waals surface area contributed by atoms with E-state index in [2.05, 4.69) is 6.92 Å². The van der Waals surface area contributed by atoms with E-state index in [9.17, 15) is 14.4 Å². The first-order chi connectivity index (χ1) is 16.5. The van der Waals surface area contributed by atoms with Crippen molar-refractivity contribution >= 4 is 23.3 Å². The van der Waals surface area contributed by atoms with E-state index in [-0.39, 0.29) is 36.0 Å².